The number of carbonyl (C=O) groups is 1. The number of hydrogen-bond donors (Lipinski definition) is 1. The van der Waals surface area contributed by atoms with Gasteiger partial charge in [0.15, 0.2) is 0 Å². The number of hydrogen-bond acceptors (Lipinski definition) is 5. The summed E-state index contributed by atoms with van der Waals surface area (Å²) in [5.41, 5.74) is 0. The van der Waals surface area contributed by atoms with E-state index in [1.54, 1.807) is 31.2 Å². The van der Waals surface area contributed by atoms with Crippen LogP contribution < -0.4 is 9.47 Å². The molecule has 0 aliphatic carbocycles. The molecule has 88 valence electrons. The predicted molar refractivity (Wildman–Crippen MR) is 56.7 cm³/mol. The molecule has 0 radical (unpaired) electrons. The Morgan fingerprint density at radius 3 is 2.81 bits per heavy atom. The molecule has 0 amide bonds. The van der Waals surface area contributed by atoms with Gasteiger partial charge in [0.1, 0.15) is 18.1 Å². The highest BCUT2D eigenvalue weighted by Crippen LogP contribution is 2.19. The summed E-state index contributed by atoms with van der Waals surface area (Å²) in [5.74, 6) is 0.865. The topological polar surface area (TPSA) is 65.0 Å². The molecule has 0 bridgehead atoms. The van der Waals surface area contributed by atoms with Crippen molar-refractivity contribution >= 4 is 6.16 Å². The van der Waals surface area contributed by atoms with Crippen molar-refractivity contribution in [2.45, 2.75) is 6.92 Å². The van der Waals surface area contributed by atoms with Gasteiger partial charge in [0.25, 0.3) is 0 Å². The first-order valence-corrected chi connectivity index (χ1v) is 4.94. The number of aliphatic hydroxyl groups excluding tert-OH is 1. The van der Waals surface area contributed by atoms with E-state index in [-0.39, 0.29) is 19.8 Å². The normalized spacial score (nSPS) is 9.62. The Hall–Kier alpha value is -1.75. The molecule has 0 heterocycles. The van der Waals surface area contributed by atoms with Crippen molar-refractivity contribution in [2.24, 2.45) is 0 Å². The Bertz CT molecular complexity index is 337. The van der Waals surface area contributed by atoms with Crippen LogP contribution in [0.4, 0.5) is 4.79 Å². The SMILES string of the molecule is CCOC(=O)Oc1cccc(OCCO)c1. The monoisotopic (exact) mass is 226 g/mol. The third kappa shape index (κ3) is 4.18. The third-order valence-corrected chi connectivity index (χ3v) is 1.63. The Kier molecular flexibility index (Phi) is 5.15. The minimum Gasteiger partial charge on any atom is -0.491 e. The molecule has 1 N–H and O–H groups in total. The molecule has 5 heteroatoms. The average molecular weight is 226 g/mol. The zero-order chi connectivity index (χ0) is 11.8. The first-order valence-electron chi connectivity index (χ1n) is 4.94. The molecule has 0 aliphatic heterocycles. The average Bonchev–Trinajstić information content (AvgIpc) is 2.27. The van der Waals surface area contributed by atoms with E-state index < -0.39 is 6.16 Å². The van der Waals surface area contributed by atoms with E-state index in [2.05, 4.69) is 4.74 Å². The molecular weight excluding hydrogens is 212 g/mol. The van der Waals surface area contributed by atoms with Crippen molar-refractivity contribution in [2.75, 3.05) is 19.8 Å². The van der Waals surface area contributed by atoms with Gasteiger partial charge in [-0.15, -0.1) is 0 Å². The molecule has 1 aromatic rings. The molecule has 1 rings (SSSR count). The van der Waals surface area contributed by atoms with E-state index >= 15 is 0 Å². The fourth-order valence-electron chi connectivity index (χ4n) is 1.03. The van der Waals surface area contributed by atoms with E-state index in [9.17, 15) is 4.79 Å². The molecule has 0 unspecified atom stereocenters. The Balaban J connectivity index is 2.56. The molecule has 0 fully saturated rings. The minimum atomic E-state index is -0.748. The van der Waals surface area contributed by atoms with Crippen LogP contribution in [0.3, 0.4) is 0 Å². The van der Waals surface area contributed by atoms with Crippen molar-refractivity contribution < 1.29 is 24.1 Å². The summed E-state index contributed by atoms with van der Waals surface area (Å²) in [6.07, 6.45) is -0.748. The van der Waals surface area contributed by atoms with Crippen LogP contribution in [0, 0.1) is 0 Å². The molecule has 1 aromatic carbocycles. The molecule has 0 atom stereocenters. The Morgan fingerprint density at radius 2 is 2.12 bits per heavy atom. The number of rotatable bonds is 5. The lowest BCUT2D eigenvalue weighted by atomic mass is 10.3. The van der Waals surface area contributed by atoms with Crippen LogP contribution in [-0.2, 0) is 4.74 Å². The van der Waals surface area contributed by atoms with Crippen molar-refractivity contribution in [1.82, 2.24) is 0 Å². The highest BCUT2D eigenvalue weighted by Gasteiger charge is 2.05. The van der Waals surface area contributed by atoms with Crippen molar-refractivity contribution in [3.05, 3.63) is 24.3 Å². The van der Waals surface area contributed by atoms with E-state index in [1.807, 2.05) is 0 Å². The highest BCUT2D eigenvalue weighted by atomic mass is 16.7. The summed E-state index contributed by atoms with van der Waals surface area (Å²) in [6.45, 7) is 2.09. The van der Waals surface area contributed by atoms with Gasteiger partial charge in [-0.05, 0) is 19.1 Å². The molecule has 5 nitrogen and oxygen atoms in total. The highest BCUT2D eigenvalue weighted by molar-refractivity contribution is 5.63. The number of aliphatic hydroxyl groups is 1. The van der Waals surface area contributed by atoms with Gasteiger partial charge in [-0.3, -0.25) is 0 Å². The molecule has 0 aliphatic rings. The lowest BCUT2D eigenvalue weighted by Crippen LogP contribution is -2.10. The van der Waals surface area contributed by atoms with E-state index in [4.69, 9.17) is 14.6 Å². The quantitative estimate of drug-likeness (QED) is 0.610. The van der Waals surface area contributed by atoms with Crippen LogP contribution >= 0.6 is 0 Å². The summed E-state index contributed by atoms with van der Waals surface area (Å²) in [5, 5.41) is 8.58. The molecular formula is C11H14O5. The minimum absolute atomic E-state index is 0.0665. The number of carbonyl (C=O) groups excluding carboxylic acids is 1. The second-order valence-electron chi connectivity index (χ2n) is 2.83. The number of ether oxygens (including phenoxy) is 3. The molecule has 16 heavy (non-hydrogen) atoms. The van der Waals surface area contributed by atoms with Gasteiger partial charge in [0, 0.05) is 6.07 Å². The lowest BCUT2D eigenvalue weighted by molar-refractivity contribution is 0.104. The van der Waals surface area contributed by atoms with Crippen LogP contribution in [0.5, 0.6) is 11.5 Å². The van der Waals surface area contributed by atoms with Gasteiger partial charge in [0.05, 0.1) is 13.2 Å². The van der Waals surface area contributed by atoms with Crippen LogP contribution in [-0.4, -0.2) is 31.1 Å². The maximum atomic E-state index is 11.0. The van der Waals surface area contributed by atoms with Gasteiger partial charge in [-0.25, -0.2) is 4.79 Å². The lowest BCUT2D eigenvalue weighted by Gasteiger charge is -2.07. The smallest absolute Gasteiger partial charge is 0.491 e. The van der Waals surface area contributed by atoms with Crippen molar-refractivity contribution in [3.8, 4) is 11.5 Å². The van der Waals surface area contributed by atoms with Crippen LogP contribution in [0.1, 0.15) is 6.92 Å². The first-order chi connectivity index (χ1) is 7.76. The largest absolute Gasteiger partial charge is 0.513 e. The van der Waals surface area contributed by atoms with Gasteiger partial charge in [0.2, 0.25) is 0 Å². The van der Waals surface area contributed by atoms with Crippen LogP contribution in [0.25, 0.3) is 0 Å². The van der Waals surface area contributed by atoms with Crippen LogP contribution in [0.2, 0.25) is 0 Å². The Labute approximate surface area is 93.6 Å². The maximum absolute atomic E-state index is 11.0. The standard InChI is InChI=1S/C11H14O5/c1-2-14-11(13)16-10-5-3-4-9(8-10)15-7-6-12/h3-5,8,12H,2,6-7H2,1H3. The second kappa shape index (κ2) is 6.68. The van der Waals surface area contributed by atoms with Crippen LogP contribution in [0.15, 0.2) is 24.3 Å². The van der Waals surface area contributed by atoms with E-state index in [0.29, 0.717) is 11.5 Å². The Morgan fingerprint density at radius 1 is 1.38 bits per heavy atom. The fraction of sp³-hybridized carbons (Fsp3) is 0.364. The summed E-state index contributed by atoms with van der Waals surface area (Å²) in [6, 6.07) is 6.55. The van der Waals surface area contributed by atoms with Gasteiger partial charge < -0.3 is 19.3 Å². The van der Waals surface area contributed by atoms with Crippen molar-refractivity contribution in [1.29, 1.82) is 0 Å². The summed E-state index contributed by atoms with van der Waals surface area (Å²) in [7, 11) is 0. The van der Waals surface area contributed by atoms with E-state index in [1.165, 1.54) is 0 Å². The molecule has 0 aromatic heterocycles. The summed E-state index contributed by atoms with van der Waals surface area (Å²) >= 11 is 0. The first kappa shape index (κ1) is 12.3. The third-order valence-electron chi connectivity index (χ3n) is 1.63. The summed E-state index contributed by atoms with van der Waals surface area (Å²) < 4.78 is 14.7. The molecule has 0 saturated heterocycles. The van der Waals surface area contributed by atoms with E-state index in [0.717, 1.165) is 0 Å². The molecule has 0 saturated carbocycles. The zero-order valence-corrected chi connectivity index (χ0v) is 9.01. The van der Waals surface area contributed by atoms with Gasteiger partial charge in [-0.1, -0.05) is 6.07 Å². The maximum Gasteiger partial charge on any atom is 0.513 e. The number of benzene rings is 1. The van der Waals surface area contributed by atoms with Gasteiger partial charge >= 0.3 is 6.16 Å². The fourth-order valence-corrected chi connectivity index (χ4v) is 1.03. The zero-order valence-electron chi connectivity index (χ0n) is 9.01. The summed E-state index contributed by atoms with van der Waals surface area (Å²) in [4.78, 5) is 11.0. The van der Waals surface area contributed by atoms with Gasteiger partial charge in [-0.2, -0.15) is 0 Å². The molecule has 0 spiro atoms. The second-order valence-corrected chi connectivity index (χ2v) is 2.83. The van der Waals surface area contributed by atoms with Crippen molar-refractivity contribution in [3.63, 3.8) is 0 Å². The predicted octanol–water partition coefficient (Wildman–Crippen LogP) is 1.59.